The van der Waals surface area contributed by atoms with Gasteiger partial charge in [0, 0.05) is 17.0 Å². The summed E-state index contributed by atoms with van der Waals surface area (Å²) in [7, 11) is 0. The van der Waals surface area contributed by atoms with Crippen LogP contribution in [0.4, 0.5) is 13.2 Å². The minimum Gasteiger partial charge on any atom is -0.307 e. The van der Waals surface area contributed by atoms with Gasteiger partial charge in [-0.3, -0.25) is 0 Å². The van der Waals surface area contributed by atoms with Gasteiger partial charge in [-0.2, -0.15) is 13.2 Å². The van der Waals surface area contributed by atoms with Crippen LogP contribution in [0, 0.1) is 5.92 Å². The molecule has 2 unspecified atom stereocenters. The molecule has 18 heavy (non-hydrogen) atoms. The minimum atomic E-state index is -4.04. The van der Waals surface area contributed by atoms with E-state index in [4.69, 9.17) is 0 Å². The quantitative estimate of drug-likeness (QED) is 0.856. The topological polar surface area (TPSA) is 12.0 Å². The molecule has 0 saturated heterocycles. The van der Waals surface area contributed by atoms with Gasteiger partial charge in [0.2, 0.25) is 0 Å². The fraction of sp³-hybridized carbons (Fsp3) is 0.692. The molecule has 3 atom stereocenters. The van der Waals surface area contributed by atoms with E-state index in [0.29, 0.717) is 6.42 Å². The molecule has 0 radical (unpaired) electrons. The van der Waals surface area contributed by atoms with Gasteiger partial charge in [-0.1, -0.05) is 12.5 Å². The van der Waals surface area contributed by atoms with Crippen LogP contribution in [0.3, 0.4) is 0 Å². The smallest absolute Gasteiger partial charge is 0.307 e. The zero-order valence-corrected chi connectivity index (χ0v) is 11.2. The van der Waals surface area contributed by atoms with Crippen LogP contribution in [-0.2, 0) is 0 Å². The number of thiophene rings is 1. The molecule has 5 heteroatoms. The van der Waals surface area contributed by atoms with Crippen molar-refractivity contribution in [3.8, 4) is 0 Å². The summed E-state index contributed by atoms with van der Waals surface area (Å²) in [5, 5.41) is 5.33. The summed E-state index contributed by atoms with van der Waals surface area (Å²) in [5.74, 6) is -1.13. The van der Waals surface area contributed by atoms with Crippen molar-refractivity contribution in [2.75, 3.05) is 0 Å². The van der Waals surface area contributed by atoms with Crippen molar-refractivity contribution >= 4 is 11.3 Å². The summed E-state index contributed by atoms with van der Waals surface area (Å²) in [6.45, 7) is 2.02. The lowest BCUT2D eigenvalue weighted by Crippen LogP contribution is -2.39. The molecule has 1 aromatic rings. The highest BCUT2D eigenvalue weighted by Crippen LogP contribution is 2.38. The lowest BCUT2D eigenvalue weighted by molar-refractivity contribution is -0.183. The van der Waals surface area contributed by atoms with Crippen molar-refractivity contribution in [2.24, 2.45) is 5.92 Å². The molecule has 1 nitrogen and oxygen atoms in total. The average Bonchev–Trinajstić information content (AvgIpc) is 2.81. The summed E-state index contributed by atoms with van der Waals surface area (Å²) in [6, 6.07) is 4.12. The second kappa shape index (κ2) is 5.61. The van der Waals surface area contributed by atoms with Crippen LogP contribution in [0.5, 0.6) is 0 Å². The molecule has 1 aromatic heterocycles. The van der Waals surface area contributed by atoms with E-state index in [1.54, 1.807) is 11.3 Å². The van der Waals surface area contributed by atoms with Gasteiger partial charge in [0.25, 0.3) is 0 Å². The Hall–Kier alpha value is -0.550. The van der Waals surface area contributed by atoms with Gasteiger partial charge in [0.1, 0.15) is 0 Å². The van der Waals surface area contributed by atoms with Crippen molar-refractivity contribution < 1.29 is 13.2 Å². The Bertz CT molecular complexity index is 361. The molecule has 1 heterocycles. The Kier molecular flexibility index (Phi) is 4.33. The molecule has 0 amide bonds. The molecular weight excluding hydrogens is 259 g/mol. The van der Waals surface area contributed by atoms with Crippen LogP contribution in [0.2, 0.25) is 0 Å². The van der Waals surface area contributed by atoms with Crippen molar-refractivity contribution in [1.82, 2.24) is 5.32 Å². The molecule has 102 valence electrons. The zero-order valence-electron chi connectivity index (χ0n) is 10.3. The van der Waals surface area contributed by atoms with Gasteiger partial charge in [-0.25, -0.2) is 0 Å². The van der Waals surface area contributed by atoms with Crippen molar-refractivity contribution in [2.45, 2.75) is 50.9 Å². The Morgan fingerprint density at radius 3 is 2.78 bits per heavy atom. The molecule has 0 aliphatic heterocycles. The largest absolute Gasteiger partial charge is 0.391 e. The molecule has 1 fully saturated rings. The van der Waals surface area contributed by atoms with E-state index in [1.165, 1.54) is 4.88 Å². The first-order valence-corrected chi connectivity index (χ1v) is 7.21. The highest BCUT2D eigenvalue weighted by molar-refractivity contribution is 7.10. The lowest BCUT2D eigenvalue weighted by atomic mass is 9.85. The average molecular weight is 277 g/mol. The third-order valence-electron chi connectivity index (χ3n) is 3.59. The maximum atomic E-state index is 12.7. The van der Waals surface area contributed by atoms with Gasteiger partial charge in [0.15, 0.2) is 0 Å². The van der Waals surface area contributed by atoms with E-state index < -0.39 is 12.1 Å². The van der Waals surface area contributed by atoms with Crippen molar-refractivity contribution in [3.05, 3.63) is 22.4 Å². The van der Waals surface area contributed by atoms with Gasteiger partial charge in [-0.15, -0.1) is 11.3 Å². The number of hydrogen-bond donors (Lipinski definition) is 1. The predicted octanol–water partition coefficient (Wildman–Crippen LogP) is 4.52. The first kappa shape index (κ1) is 13.9. The molecular formula is C13H18F3NS. The number of nitrogens with one attached hydrogen (secondary N) is 1. The summed E-state index contributed by atoms with van der Waals surface area (Å²) in [4.78, 5) is 1.18. The maximum absolute atomic E-state index is 12.7. The molecule has 1 N–H and O–H groups in total. The highest BCUT2D eigenvalue weighted by atomic mass is 32.1. The Balaban J connectivity index is 1.90. The van der Waals surface area contributed by atoms with E-state index in [9.17, 15) is 13.2 Å². The molecule has 2 rings (SSSR count). The third-order valence-corrected chi connectivity index (χ3v) is 4.65. The van der Waals surface area contributed by atoms with Gasteiger partial charge >= 0.3 is 6.18 Å². The molecule has 1 aliphatic carbocycles. The molecule has 1 saturated carbocycles. The standard InChI is InChI=1S/C13H18F3NS/c1-9(12-6-3-7-18-12)17-11-5-2-4-10(8-11)13(14,15)16/h3,6-7,9-11,17H,2,4-5,8H2,1H3/t9-,10?,11?/m0/s1. The van der Waals surface area contributed by atoms with E-state index >= 15 is 0 Å². The number of halogens is 3. The van der Waals surface area contributed by atoms with Gasteiger partial charge < -0.3 is 5.32 Å². The van der Waals surface area contributed by atoms with Crippen LogP contribution in [0.1, 0.15) is 43.5 Å². The monoisotopic (exact) mass is 277 g/mol. The zero-order chi connectivity index (χ0) is 13.2. The second-order valence-corrected chi connectivity index (χ2v) is 5.99. The highest BCUT2D eigenvalue weighted by Gasteiger charge is 2.42. The summed E-state index contributed by atoms with van der Waals surface area (Å²) in [6.07, 6.45) is -2.01. The Morgan fingerprint density at radius 2 is 2.17 bits per heavy atom. The van der Waals surface area contributed by atoms with E-state index in [0.717, 1.165) is 6.42 Å². The van der Waals surface area contributed by atoms with E-state index in [1.807, 2.05) is 24.4 Å². The first-order valence-electron chi connectivity index (χ1n) is 6.33. The summed E-state index contributed by atoms with van der Waals surface area (Å²) >= 11 is 1.64. The molecule has 0 aromatic carbocycles. The van der Waals surface area contributed by atoms with Crippen molar-refractivity contribution in [3.63, 3.8) is 0 Å². The summed E-state index contributed by atoms with van der Waals surface area (Å²) < 4.78 is 38.1. The van der Waals surface area contributed by atoms with Gasteiger partial charge in [-0.05, 0) is 37.6 Å². The fourth-order valence-corrected chi connectivity index (χ4v) is 3.36. The molecule has 0 bridgehead atoms. The fourth-order valence-electron chi connectivity index (χ4n) is 2.61. The van der Waals surface area contributed by atoms with Crippen LogP contribution in [0.25, 0.3) is 0 Å². The van der Waals surface area contributed by atoms with Crippen LogP contribution in [0.15, 0.2) is 17.5 Å². The Morgan fingerprint density at radius 1 is 1.39 bits per heavy atom. The van der Waals surface area contributed by atoms with Gasteiger partial charge in [0.05, 0.1) is 5.92 Å². The Labute approximate surface area is 109 Å². The molecule has 1 aliphatic rings. The maximum Gasteiger partial charge on any atom is 0.391 e. The van der Waals surface area contributed by atoms with Crippen molar-refractivity contribution in [1.29, 1.82) is 0 Å². The van der Waals surface area contributed by atoms with Crippen LogP contribution >= 0.6 is 11.3 Å². The predicted molar refractivity (Wildman–Crippen MR) is 67.7 cm³/mol. The third kappa shape index (κ3) is 3.48. The SMILES string of the molecule is C[C@H](NC1CCCC(C(F)(F)F)C1)c1cccs1. The van der Waals surface area contributed by atoms with E-state index in [2.05, 4.69) is 5.32 Å². The normalized spacial score (nSPS) is 27.1. The molecule has 0 spiro atoms. The lowest BCUT2D eigenvalue weighted by Gasteiger charge is -2.32. The minimum absolute atomic E-state index is 0.0116. The van der Waals surface area contributed by atoms with Crippen LogP contribution in [-0.4, -0.2) is 12.2 Å². The summed E-state index contributed by atoms with van der Waals surface area (Å²) in [5.41, 5.74) is 0. The number of rotatable bonds is 3. The number of alkyl halides is 3. The van der Waals surface area contributed by atoms with E-state index in [-0.39, 0.29) is 24.9 Å². The first-order chi connectivity index (χ1) is 8.47. The number of hydrogen-bond acceptors (Lipinski definition) is 2. The van der Waals surface area contributed by atoms with Crippen LogP contribution < -0.4 is 5.32 Å². The second-order valence-electron chi connectivity index (χ2n) is 5.01.